The maximum Gasteiger partial charge on any atom is 0.351 e. The smallest absolute Gasteiger partial charge is 0.351 e. The summed E-state index contributed by atoms with van der Waals surface area (Å²) in [7, 11) is 0. The molecule has 0 unspecified atom stereocenters. The first-order valence-corrected chi connectivity index (χ1v) is 3.50. The molecule has 6 heteroatoms. The fraction of sp³-hybridized carbons (Fsp3) is 0.250. The van der Waals surface area contributed by atoms with Gasteiger partial charge in [-0.1, -0.05) is 13.2 Å². The van der Waals surface area contributed by atoms with Crippen molar-refractivity contribution in [3.63, 3.8) is 0 Å². The van der Waals surface area contributed by atoms with Gasteiger partial charge in [-0.25, -0.2) is 9.59 Å². The van der Waals surface area contributed by atoms with Gasteiger partial charge in [-0.05, 0) is 13.8 Å². The van der Waals surface area contributed by atoms with Gasteiger partial charge in [0.1, 0.15) is 0 Å². The third-order valence-electron chi connectivity index (χ3n) is 0.911. The molecule has 0 atom stereocenters. The van der Waals surface area contributed by atoms with Crippen LogP contribution in [0.25, 0.3) is 0 Å². The Kier molecular flexibility index (Phi) is 8.44. The van der Waals surface area contributed by atoms with Crippen LogP contribution in [0, 0.1) is 0 Å². The van der Waals surface area contributed by atoms with Crippen LogP contribution in [0.5, 0.6) is 0 Å². The van der Waals surface area contributed by atoms with Crippen LogP contribution >= 0.6 is 0 Å². The summed E-state index contributed by atoms with van der Waals surface area (Å²) in [6.07, 6.45) is 0. The highest BCUT2D eigenvalue weighted by molar-refractivity contribution is 5.86. The van der Waals surface area contributed by atoms with Crippen molar-refractivity contribution in [2.45, 2.75) is 13.8 Å². The number of carbonyl (C=O) groups excluding carboxylic acids is 2. The number of carbonyl (C=O) groups is 2. The van der Waals surface area contributed by atoms with Crippen LogP contribution in [0.2, 0.25) is 0 Å². The summed E-state index contributed by atoms with van der Waals surface area (Å²) in [6, 6.07) is 0. The summed E-state index contributed by atoms with van der Waals surface area (Å²) < 4.78 is 0. The van der Waals surface area contributed by atoms with Crippen molar-refractivity contribution in [3.8, 4) is 0 Å². The lowest BCUT2D eigenvalue weighted by Gasteiger charge is -1.90. The van der Waals surface area contributed by atoms with Gasteiger partial charge < -0.3 is 9.68 Å². The molecule has 0 saturated heterocycles. The molecule has 80 valence electrons. The minimum atomic E-state index is -0.569. The van der Waals surface area contributed by atoms with Gasteiger partial charge >= 0.3 is 11.9 Å². The average Bonchev–Trinajstić information content (AvgIpc) is 2.15. The summed E-state index contributed by atoms with van der Waals surface area (Å²) >= 11 is 0. The second-order valence-electron chi connectivity index (χ2n) is 2.37. The van der Waals surface area contributed by atoms with Gasteiger partial charge in [-0.2, -0.15) is 11.8 Å². The Balaban J connectivity index is 0. The first-order chi connectivity index (χ1) is 6.36. The first-order valence-electron chi connectivity index (χ1n) is 3.50. The number of nitrogens with two attached hydrogens (primary N) is 2. The molecule has 0 aliphatic rings. The number of hydrogen-bond acceptors (Lipinski definition) is 6. The van der Waals surface area contributed by atoms with Gasteiger partial charge in [0, 0.05) is 11.1 Å². The maximum absolute atomic E-state index is 10.1. The third kappa shape index (κ3) is 8.44. The van der Waals surface area contributed by atoms with Crippen LogP contribution in [-0.2, 0) is 19.3 Å². The summed E-state index contributed by atoms with van der Waals surface area (Å²) in [4.78, 5) is 27.7. The summed E-state index contributed by atoms with van der Waals surface area (Å²) in [5.41, 5.74) is 0.616. The average molecular weight is 202 g/mol. The monoisotopic (exact) mass is 202 g/mol. The van der Waals surface area contributed by atoms with Crippen molar-refractivity contribution >= 4 is 11.9 Å². The third-order valence-corrected chi connectivity index (χ3v) is 0.911. The van der Waals surface area contributed by atoms with Gasteiger partial charge in [-0.15, -0.1) is 0 Å². The van der Waals surface area contributed by atoms with Crippen LogP contribution in [0.4, 0.5) is 0 Å². The predicted octanol–water partition coefficient (Wildman–Crippen LogP) is -0.0412. The molecule has 0 amide bonds. The van der Waals surface area contributed by atoms with E-state index in [4.69, 9.17) is 0 Å². The fourth-order valence-corrected chi connectivity index (χ4v) is 0.201. The van der Waals surface area contributed by atoms with Gasteiger partial charge in [0.05, 0.1) is 0 Å². The molecule has 0 saturated carbocycles. The second kappa shape index (κ2) is 7.96. The normalized spacial score (nSPS) is 7.71. The molecule has 14 heavy (non-hydrogen) atoms. The quantitative estimate of drug-likeness (QED) is 0.480. The van der Waals surface area contributed by atoms with Crippen molar-refractivity contribution in [1.29, 1.82) is 0 Å². The summed E-state index contributed by atoms with van der Waals surface area (Å²) in [5.74, 6) is 7.79. The molecular formula is C8H14N2O4. The molecule has 0 aromatic heterocycles. The van der Waals surface area contributed by atoms with Gasteiger partial charge in [0.15, 0.2) is 0 Å². The zero-order valence-electron chi connectivity index (χ0n) is 8.20. The lowest BCUT2D eigenvalue weighted by Crippen LogP contribution is -2.09. The number of rotatable bonds is 2. The molecule has 0 rings (SSSR count). The fourth-order valence-electron chi connectivity index (χ4n) is 0.201. The van der Waals surface area contributed by atoms with Crippen molar-refractivity contribution in [1.82, 2.24) is 0 Å². The van der Waals surface area contributed by atoms with Crippen LogP contribution in [-0.4, -0.2) is 11.9 Å². The Morgan fingerprint density at radius 2 is 1.14 bits per heavy atom. The molecule has 0 radical (unpaired) electrons. The summed E-state index contributed by atoms with van der Waals surface area (Å²) in [6.45, 7) is 9.59. The SMILES string of the molecule is C=C(C)C(=O)ON.C=C(C)C(=O)ON. The van der Waals surface area contributed by atoms with E-state index in [-0.39, 0.29) is 0 Å². The van der Waals surface area contributed by atoms with Gasteiger partial charge in [-0.3, -0.25) is 0 Å². The zero-order valence-corrected chi connectivity index (χ0v) is 8.20. The molecule has 4 N–H and O–H groups in total. The van der Waals surface area contributed by atoms with E-state index in [0.29, 0.717) is 11.1 Å². The molecule has 0 fully saturated rings. The first kappa shape index (κ1) is 14.8. The Morgan fingerprint density at radius 3 is 1.14 bits per heavy atom. The van der Waals surface area contributed by atoms with E-state index < -0.39 is 11.9 Å². The molecule has 0 aromatic rings. The largest absolute Gasteiger partial charge is 0.370 e. The van der Waals surface area contributed by atoms with Crippen molar-refractivity contribution < 1.29 is 19.3 Å². The highest BCUT2D eigenvalue weighted by Gasteiger charge is 1.97. The lowest BCUT2D eigenvalue weighted by atomic mass is 10.4. The molecular weight excluding hydrogens is 188 g/mol. The van der Waals surface area contributed by atoms with Crippen molar-refractivity contribution in [3.05, 3.63) is 24.3 Å². The Labute approximate surface area is 82.1 Å². The Hall–Kier alpha value is -1.66. The van der Waals surface area contributed by atoms with Crippen LogP contribution < -0.4 is 11.8 Å². The van der Waals surface area contributed by atoms with Gasteiger partial charge in [0.25, 0.3) is 0 Å². The van der Waals surface area contributed by atoms with E-state index in [9.17, 15) is 9.59 Å². The molecule has 0 aromatic carbocycles. The number of hydrogen-bond donors (Lipinski definition) is 2. The molecule has 0 heterocycles. The second-order valence-corrected chi connectivity index (χ2v) is 2.37. The Morgan fingerprint density at radius 1 is 0.929 bits per heavy atom. The minimum absolute atomic E-state index is 0.308. The van der Waals surface area contributed by atoms with Crippen LogP contribution in [0.15, 0.2) is 24.3 Å². The van der Waals surface area contributed by atoms with Crippen molar-refractivity contribution in [2.24, 2.45) is 11.8 Å². The Bertz CT molecular complexity index is 222. The zero-order chi connectivity index (χ0) is 11.7. The van der Waals surface area contributed by atoms with E-state index in [2.05, 4.69) is 34.6 Å². The topological polar surface area (TPSA) is 105 Å². The highest BCUT2D eigenvalue weighted by Crippen LogP contribution is 1.86. The van der Waals surface area contributed by atoms with E-state index in [0.717, 1.165) is 0 Å². The van der Waals surface area contributed by atoms with E-state index in [1.807, 2.05) is 0 Å². The molecule has 6 nitrogen and oxygen atoms in total. The standard InChI is InChI=1S/2C4H7NO2/c2*1-3(2)4(6)7-5/h2*1,5H2,2H3. The predicted molar refractivity (Wildman–Crippen MR) is 50.2 cm³/mol. The molecule has 0 bridgehead atoms. The minimum Gasteiger partial charge on any atom is -0.370 e. The van der Waals surface area contributed by atoms with E-state index in [1.165, 1.54) is 13.8 Å². The van der Waals surface area contributed by atoms with Crippen LogP contribution in [0.1, 0.15) is 13.8 Å². The molecule has 0 aliphatic heterocycles. The molecule has 0 spiro atoms. The lowest BCUT2D eigenvalue weighted by molar-refractivity contribution is -0.140. The van der Waals surface area contributed by atoms with Crippen LogP contribution in [0.3, 0.4) is 0 Å². The van der Waals surface area contributed by atoms with Gasteiger partial charge in [0.2, 0.25) is 0 Å². The maximum atomic E-state index is 10.1. The summed E-state index contributed by atoms with van der Waals surface area (Å²) in [5, 5.41) is 0. The van der Waals surface area contributed by atoms with Crippen molar-refractivity contribution in [2.75, 3.05) is 0 Å². The highest BCUT2D eigenvalue weighted by atomic mass is 16.7. The molecule has 0 aliphatic carbocycles. The van der Waals surface area contributed by atoms with E-state index in [1.54, 1.807) is 0 Å². The van der Waals surface area contributed by atoms with E-state index >= 15 is 0 Å².